The molecule has 0 fully saturated rings. The number of benzene rings is 4. The summed E-state index contributed by atoms with van der Waals surface area (Å²) in [7, 11) is 0. The van der Waals surface area contributed by atoms with Crippen LogP contribution in [0.15, 0.2) is 97.1 Å². The summed E-state index contributed by atoms with van der Waals surface area (Å²) in [5, 5.41) is 36.1. The fraction of sp³-hybridized carbons (Fsp3) is 0.167. The number of aromatic nitrogens is 6. The molecule has 0 bridgehead atoms. The van der Waals surface area contributed by atoms with E-state index in [2.05, 4.69) is 30.4 Å². The number of ether oxygens (including phenoxy) is 2. The van der Waals surface area contributed by atoms with Gasteiger partial charge in [0.1, 0.15) is 22.8 Å². The number of aromatic hydroxyl groups is 2. The van der Waals surface area contributed by atoms with Crippen LogP contribution in [0.25, 0.3) is 45.0 Å². The van der Waals surface area contributed by atoms with Crippen molar-refractivity contribution in [2.24, 2.45) is 0 Å². The van der Waals surface area contributed by atoms with Crippen molar-refractivity contribution in [1.29, 1.82) is 0 Å². The Morgan fingerprint density at radius 2 is 0.854 bits per heavy atom. The maximum Gasteiger partial charge on any atom is 0.240 e. The van der Waals surface area contributed by atoms with Crippen LogP contribution in [0.5, 0.6) is 23.0 Å². The van der Waals surface area contributed by atoms with Crippen LogP contribution in [-0.4, -0.2) is 52.8 Å². The maximum absolute atomic E-state index is 9.96. The number of nitrogens with two attached hydrogens (primary N) is 2. The number of nitrogens with zero attached hydrogens (tertiary/aromatic N) is 6. The van der Waals surface area contributed by atoms with Crippen molar-refractivity contribution < 1.29 is 19.7 Å². The number of phenols is 2. The normalized spacial score (nSPS) is 10.8. The first kappa shape index (κ1) is 33.1. The van der Waals surface area contributed by atoms with Crippen molar-refractivity contribution in [3.05, 3.63) is 97.1 Å². The molecule has 0 amide bonds. The van der Waals surface area contributed by atoms with Gasteiger partial charge in [-0.15, -0.1) is 20.4 Å². The Morgan fingerprint density at radius 1 is 0.479 bits per heavy atom. The standard InChI is InChI=1S/2C18H18N4O2/c2*1-11(2)24-15-10-13(8-9-14(15)23)17-16(20-18(19)22-21-17)12-6-4-3-5-7-12/h2*3-11,23H,1-2H3,(H2,19,20,22). The summed E-state index contributed by atoms with van der Waals surface area (Å²) in [4.78, 5) is 8.67. The lowest BCUT2D eigenvalue weighted by molar-refractivity contribution is 0.232. The molecule has 4 aromatic carbocycles. The molecule has 0 radical (unpaired) electrons. The van der Waals surface area contributed by atoms with Gasteiger partial charge in [0.15, 0.2) is 23.0 Å². The average molecular weight is 645 g/mol. The van der Waals surface area contributed by atoms with Crippen LogP contribution in [0.4, 0.5) is 11.9 Å². The molecule has 0 aliphatic heterocycles. The highest BCUT2D eigenvalue weighted by Crippen LogP contribution is 2.36. The second-order valence-corrected chi connectivity index (χ2v) is 11.2. The average Bonchev–Trinajstić information content (AvgIpc) is 3.07. The molecule has 0 saturated carbocycles. The quantitative estimate of drug-likeness (QED) is 0.140. The van der Waals surface area contributed by atoms with Gasteiger partial charge in [-0.25, -0.2) is 9.97 Å². The van der Waals surface area contributed by atoms with E-state index in [1.54, 1.807) is 36.4 Å². The summed E-state index contributed by atoms with van der Waals surface area (Å²) >= 11 is 0. The highest BCUT2D eigenvalue weighted by molar-refractivity contribution is 5.80. The van der Waals surface area contributed by atoms with Crippen molar-refractivity contribution in [3.63, 3.8) is 0 Å². The molecule has 0 aliphatic rings. The van der Waals surface area contributed by atoms with E-state index in [4.69, 9.17) is 20.9 Å². The first-order valence-corrected chi connectivity index (χ1v) is 15.2. The zero-order chi connectivity index (χ0) is 34.2. The Labute approximate surface area is 278 Å². The molecule has 6 rings (SSSR count). The van der Waals surface area contributed by atoms with Gasteiger partial charge in [-0.2, -0.15) is 0 Å². The fourth-order valence-electron chi connectivity index (χ4n) is 4.68. The summed E-state index contributed by atoms with van der Waals surface area (Å²) < 4.78 is 11.3. The summed E-state index contributed by atoms with van der Waals surface area (Å²) in [6.45, 7) is 7.58. The minimum atomic E-state index is -0.0598. The number of hydrogen-bond donors (Lipinski definition) is 4. The Balaban J connectivity index is 0.000000188. The van der Waals surface area contributed by atoms with Gasteiger partial charge in [0.2, 0.25) is 11.9 Å². The lowest BCUT2D eigenvalue weighted by Crippen LogP contribution is -2.06. The minimum Gasteiger partial charge on any atom is -0.504 e. The van der Waals surface area contributed by atoms with E-state index in [1.807, 2.05) is 88.4 Å². The van der Waals surface area contributed by atoms with Crippen LogP contribution in [-0.2, 0) is 0 Å². The van der Waals surface area contributed by atoms with Crippen molar-refractivity contribution in [3.8, 4) is 68.0 Å². The van der Waals surface area contributed by atoms with Gasteiger partial charge in [-0.1, -0.05) is 60.7 Å². The van der Waals surface area contributed by atoms with E-state index in [0.29, 0.717) is 34.3 Å². The van der Waals surface area contributed by atoms with E-state index in [9.17, 15) is 10.2 Å². The van der Waals surface area contributed by atoms with Crippen LogP contribution < -0.4 is 20.9 Å². The van der Waals surface area contributed by atoms with Crippen LogP contribution in [0.2, 0.25) is 0 Å². The van der Waals surface area contributed by atoms with E-state index in [1.165, 1.54) is 0 Å². The molecule has 0 saturated heterocycles. The van der Waals surface area contributed by atoms with Crippen molar-refractivity contribution in [1.82, 2.24) is 30.4 Å². The van der Waals surface area contributed by atoms with Gasteiger partial charge >= 0.3 is 0 Å². The van der Waals surface area contributed by atoms with Gasteiger partial charge in [-0.3, -0.25) is 0 Å². The number of nitrogen functional groups attached to an aromatic ring is 2. The van der Waals surface area contributed by atoms with Crippen LogP contribution in [0.3, 0.4) is 0 Å². The Kier molecular flexibility index (Phi) is 10.2. The van der Waals surface area contributed by atoms with Gasteiger partial charge < -0.3 is 31.2 Å². The first-order valence-electron chi connectivity index (χ1n) is 15.2. The summed E-state index contributed by atoms with van der Waals surface area (Å²) in [6, 6.07) is 29.3. The second kappa shape index (κ2) is 14.9. The van der Waals surface area contributed by atoms with Gasteiger partial charge in [0, 0.05) is 22.3 Å². The molecule has 12 nitrogen and oxygen atoms in total. The van der Waals surface area contributed by atoms with E-state index < -0.39 is 0 Å². The Morgan fingerprint density at radius 3 is 1.21 bits per heavy atom. The third kappa shape index (κ3) is 8.10. The van der Waals surface area contributed by atoms with Crippen LogP contribution >= 0.6 is 0 Å². The van der Waals surface area contributed by atoms with E-state index >= 15 is 0 Å². The van der Waals surface area contributed by atoms with Gasteiger partial charge in [0.05, 0.1) is 12.2 Å². The van der Waals surface area contributed by atoms with Crippen molar-refractivity contribution in [2.75, 3.05) is 11.5 Å². The van der Waals surface area contributed by atoms with Crippen molar-refractivity contribution >= 4 is 11.9 Å². The largest absolute Gasteiger partial charge is 0.504 e. The predicted molar refractivity (Wildman–Crippen MR) is 185 cm³/mol. The zero-order valence-electron chi connectivity index (χ0n) is 26.9. The van der Waals surface area contributed by atoms with Crippen LogP contribution in [0.1, 0.15) is 27.7 Å². The molecule has 12 heteroatoms. The smallest absolute Gasteiger partial charge is 0.240 e. The molecule has 6 N–H and O–H groups in total. The molecule has 2 heterocycles. The minimum absolute atomic E-state index is 0.0598. The monoisotopic (exact) mass is 644 g/mol. The number of hydrogen-bond acceptors (Lipinski definition) is 12. The predicted octanol–water partition coefficient (Wildman–Crippen LogP) is 6.56. The highest BCUT2D eigenvalue weighted by Gasteiger charge is 2.17. The number of phenolic OH excluding ortho intramolecular Hbond substituents is 2. The Hall–Kier alpha value is -6.30. The zero-order valence-corrected chi connectivity index (χ0v) is 26.9. The van der Waals surface area contributed by atoms with E-state index in [-0.39, 0.29) is 35.6 Å². The molecule has 0 atom stereocenters. The molecular weight excluding hydrogens is 608 g/mol. The SMILES string of the molecule is CC(C)Oc1cc(-c2nnc(N)nc2-c2ccccc2)ccc1O.CC(C)Oc1cc(-c2nnc(N)nc2-c2ccccc2)ccc1O. The third-order valence-corrected chi connectivity index (χ3v) is 6.69. The number of rotatable bonds is 8. The second-order valence-electron chi connectivity index (χ2n) is 11.2. The molecule has 48 heavy (non-hydrogen) atoms. The molecule has 244 valence electrons. The molecule has 2 aromatic heterocycles. The molecule has 0 aliphatic carbocycles. The Bertz CT molecular complexity index is 1850. The number of anilines is 2. The fourth-order valence-corrected chi connectivity index (χ4v) is 4.68. The topological polar surface area (TPSA) is 188 Å². The third-order valence-electron chi connectivity index (χ3n) is 6.69. The summed E-state index contributed by atoms with van der Waals surface area (Å²) in [6.07, 6.45) is -0.120. The first-order chi connectivity index (χ1) is 23.1. The lowest BCUT2D eigenvalue weighted by Gasteiger charge is -2.13. The van der Waals surface area contributed by atoms with Gasteiger partial charge in [-0.05, 0) is 64.1 Å². The maximum atomic E-state index is 9.96. The molecule has 6 aromatic rings. The van der Waals surface area contributed by atoms with E-state index in [0.717, 1.165) is 22.3 Å². The van der Waals surface area contributed by atoms with Crippen LogP contribution in [0, 0.1) is 0 Å². The highest BCUT2D eigenvalue weighted by atomic mass is 16.5. The molecular formula is C36H36N8O4. The summed E-state index contributed by atoms with van der Waals surface area (Å²) in [5.74, 6) is 1.14. The van der Waals surface area contributed by atoms with Gasteiger partial charge in [0.25, 0.3) is 0 Å². The molecule has 0 unspecified atom stereocenters. The molecule has 0 spiro atoms. The summed E-state index contributed by atoms with van der Waals surface area (Å²) in [5.41, 5.74) is 17.1. The van der Waals surface area contributed by atoms with Crippen molar-refractivity contribution in [2.45, 2.75) is 39.9 Å². The lowest BCUT2D eigenvalue weighted by atomic mass is 10.0.